The molecule has 1 fully saturated rings. The van der Waals surface area contributed by atoms with Crippen LogP contribution in [-0.2, 0) is 0 Å². The molecule has 0 aromatic carbocycles. The van der Waals surface area contributed by atoms with E-state index in [4.69, 9.17) is 5.26 Å². The standard InChI is InChI=1S/C11H15N5/c1-9-13-10(15(2)8-12)7-11(14-9)16-5-3-4-6-16/h7H,3-6H2,1-2H3. The van der Waals surface area contributed by atoms with Crippen molar-refractivity contribution >= 4 is 11.6 Å². The Morgan fingerprint density at radius 3 is 2.69 bits per heavy atom. The highest BCUT2D eigenvalue weighted by Gasteiger charge is 2.15. The molecule has 84 valence electrons. The molecule has 0 aliphatic carbocycles. The molecule has 0 bridgehead atoms. The average molecular weight is 217 g/mol. The second-order valence-electron chi connectivity index (χ2n) is 3.98. The van der Waals surface area contributed by atoms with Gasteiger partial charge in [0.15, 0.2) is 6.19 Å². The van der Waals surface area contributed by atoms with Crippen LogP contribution in [0.15, 0.2) is 6.07 Å². The molecule has 2 heterocycles. The van der Waals surface area contributed by atoms with Crippen LogP contribution >= 0.6 is 0 Å². The zero-order valence-corrected chi connectivity index (χ0v) is 9.64. The van der Waals surface area contributed by atoms with Crippen LogP contribution in [0.25, 0.3) is 0 Å². The summed E-state index contributed by atoms with van der Waals surface area (Å²) in [4.78, 5) is 12.3. The summed E-state index contributed by atoms with van der Waals surface area (Å²) in [6.07, 6.45) is 4.48. The minimum absolute atomic E-state index is 0.664. The minimum Gasteiger partial charge on any atom is -0.356 e. The number of hydrogen-bond acceptors (Lipinski definition) is 5. The van der Waals surface area contributed by atoms with E-state index in [-0.39, 0.29) is 0 Å². The van der Waals surface area contributed by atoms with Crippen molar-refractivity contribution in [1.29, 1.82) is 5.26 Å². The molecule has 0 amide bonds. The largest absolute Gasteiger partial charge is 0.356 e. The van der Waals surface area contributed by atoms with Crippen LogP contribution in [0, 0.1) is 18.4 Å². The van der Waals surface area contributed by atoms with Crippen LogP contribution in [0.4, 0.5) is 11.6 Å². The van der Waals surface area contributed by atoms with E-state index in [1.165, 1.54) is 17.7 Å². The first kappa shape index (κ1) is 10.7. The summed E-state index contributed by atoms with van der Waals surface area (Å²) in [5.74, 6) is 2.31. The highest BCUT2D eigenvalue weighted by Crippen LogP contribution is 2.21. The van der Waals surface area contributed by atoms with E-state index >= 15 is 0 Å². The van der Waals surface area contributed by atoms with E-state index in [0.717, 1.165) is 18.9 Å². The lowest BCUT2D eigenvalue weighted by Gasteiger charge is -2.18. The van der Waals surface area contributed by atoms with Gasteiger partial charge in [-0.05, 0) is 19.8 Å². The first-order valence-corrected chi connectivity index (χ1v) is 5.45. The lowest BCUT2D eigenvalue weighted by molar-refractivity contribution is 0.904. The molecule has 0 N–H and O–H groups in total. The van der Waals surface area contributed by atoms with Crippen LogP contribution < -0.4 is 9.80 Å². The van der Waals surface area contributed by atoms with Crippen LogP contribution in [0.5, 0.6) is 0 Å². The van der Waals surface area contributed by atoms with Crippen molar-refractivity contribution in [2.24, 2.45) is 0 Å². The Hall–Kier alpha value is -1.83. The lowest BCUT2D eigenvalue weighted by Crippen LogP contribution is -2.21. The smallest absolute Gasteiger partial charge is 0.185 e. The normalized spacial score (nSPS) is 14.9. The van der Waals surface area contributed by atoms with Gasteiger partial charge in [-0.25, -0.2) is 9.97 Å². The lowest BCUT2D eigenvalue weighted by atomic mass is 10.4. The molecule has 0 saturated carbocycles. The van der Waals surface area contributed by atoms with E-state index in [1.807, 2.05) is 13.0 Å². The van der Waals surface area contributed by atoms with Gasteiger partial charge >= 0.3 is 0 Å². The van der Waals surface area contributed by atoms with Gasteiger partial charge in [-0.2, -0.15) is 5.26 Å². The van der Waals surface area contributed by atoms with Gasteiger partial charge in [0.25, 0.3) is 0 Å². The second kappa shape index (κ2) is 4.35. The van der Waals surface area contributed by atoms with Crippen LogP contribution in [-0.4, -0.2) is 30.1 Å². The van der Waals surface area contributed by atoms with Gasteiger partial charge < -0.3 is 4.90 Å². The Bertz CT molecular complexity index is 417. The Balaban J connectivity index is 2.32. The maximum atomic E-state index is 8.84. The predicted molar refractivity (Wildman–Crippen MR) is 62.2 cm³/mol. The first-order valence-electron chi connectivity index (χ1n) is 5.45. The molecule has 5 nitrogen and oxygen atoms in total. The van der Waals surface area contributed by atoms with Gasteiger partial charge in [0, 0.05) is 26.2 Å². The SMILES string of the molecule is Cc1nc(N(C)C#N)cc(N2CCCC2)n1. The second-order valence-corrected chi connectivity index (χ2v) is 3.98. The molecule has 0 atom stereocenters. The summed E-state index contributed by atoms with van der Waals surface area (Å²) in [7, 11) is 1.70. The van der Waals surface area contributed by atoms with Crippen molar-refractivity contribution in [3.63, 3.8) is 0 Å². The molecule has 0 radical (unpaired) electrons. The number of hydrogen-bond donors (Lipinski definition) is 0. The van der Waals surface area contributed by atoms with E-state index in [0.29, 0.717) is 11.6 Å². The van der Waals surface area contributed by atoms with Gasteiger partial charge in [0.2, 0.25) is 0 Å². The number of aromatic nitrogens is 2. The third kappa shape index (κ3) is 2.06. The maximum absolute atomic E-state index is 8.84. The van der Waals surface area contributed by atoms with Crippen LogP contribution in [0.3, 0.4) is 0 Å². The number of anilines is 2. The van der Waals surface area contributed by atoms with Crippen molar-refractivity contribution in [3.05, 3.63) is 11.9 Å². The van der Waals surface area contributed by atoms with Gasteiger partial charge in [-0.1, -0.05) is 0 Å². The monoisotopic (exact) mass is 217 g/mol. The number of rotatable bonds is 2. The van der Waals surface area contributed by atoms with Crippen molar-refractivity contribution < 1.29 is 0 Å². The molecule has 16 heavy (non-hydrogen) atoms. The Kier molecular flexibility index (Phi) is 2.91. The van der Waals surface area contributed by atoms with Gasteiger partial charge in [0.05, 0.1) is 0 Å². The fraction of sp³-hybridized carbons (Fsp3) is 0.545. The summed E-state index contributed by atoms with van der Waals surface area (Å²) >= 11 is 0. The first-order chi connectivity index (χ1) is 7.70. The summed E-state index contributed by atoms with van der Waals surface area (Å²) in [5, 5.41) is 8.84. The Labute approximate surface area is 95.3 Å². The molecular weight excluding hydrogens is 202 g/mol. The molecule has 1 aliphatic heterocycles. The average Bonchev–Trinajstić information content (AvgIpc) is 2.80. The summed E-state index contributed by atoms with van der Waals surface area (Å²) in [6.45, 7) is 3.95. The molecule has 1 saturated heterocycles. The summed E-state index contributed by atoms with van der Waals surface area (Å²) in [6, 6.07) is 1.88. The predicted octanol–water partition coefficient (Wildman–Crippen LogP) is 1.30. The fourth-order valence-corrected chi connectivity index (χ4v) is 1.87. The Morgan fingerprint density at radius 1 is 1.38 bits per heavy atom. The van der Waals surface area contributed by atoms with Gasteiger partial charge in [-0.3, -0.25) is 4.90 Å². The van der Waals surface area contributed by atoms with Gasteiger partial charge in [0.1, 0.15) is 17.5 Å². The van der Waals surface area contributed by atoms with E-state index < -0.39 is 0 Å². The van der Waals surface area contributed by atoms with E-state index in [2.05, 4.69) is 21.1 Å². The maximum Gasteiger partial charge on any atom is 0.185 e. The highest BCUT2D eigenvalue weighted by molar-refractivity contribution is 5.53. The summed E-state index contributed by atoms with van der Waals surface area (Å²) < 4.78 is 0. The van der Waals surface area contributed by atoms with Crippen molar-refractivity contribution in [1.82, 2.24) is 9.97 Å². The van der Waals surface area contributed by atoms with Crippen LogP contribution in [0.1, 0.15) is 18.7 Å². The van der Waals surface area contributed by atoms with Crippen molar-refractivity contribution in [2.45, 2.75) is 19.8 Å². The third-order valence-corrected chi connectivity index (χ3v) is 2.73. The number of aryl methyl sites for hydroxylation is 1. The molecule has 1 aromatic rings. The van der Waals surface area contributed by atoms with Crippen molar-refractivity contribution in [3.8, 4) is 6.19 Å². The molecule has 1 aromatic heterocycles. The molecule has 0 unspecified atom stereocenters. The van der Waals surface area contributed by atoms with Gasteiger partial charge in [-0.15, -0.1) is 0 Å². The Morgan fingerprint density at radius 2 is 2.06 bits per heavy atom. The minimum atomic E-state index is 0.664. The number of nitriles is 1. The molecule has 2 rings (SSSR count). The molecule has 0 spiro atoms. The molecular formula is C11H15N5. The van der Waals surface area contributed by atoms with Crippen LogP contribution in [0.2, 0.25) is 0 Å². The highest BCUT2D eigenvalue weighted by atomic mass is 15.2. The zero-order chi connectivity index (χ0) is 11.5. The molecule has 5 heteroatoms. The molecule has 1 aliphatic rings. The zero-order valence-electron chi connectivity index (χ0n) is 9.64. The van der Waals surface area contributed by atoms with E-state index in [1.54, 1.807) is 7.05 Å². The quantitative estimate of drug-likeness (QED) is 0.552. The summed E-state index contributed by atoms with van der Waals surface area (Å²) in [5.41, 5.74) is 0. The van der Waals surface area contributed by atoms with Crippen molar-refractivity contribution in [2.75, 3.05) is 29.9 Å². The third-order valence-electron chi connectivity index (χ3n) is 2.73. The van der Waals surface area contributed by atoms with E-state index in [9.17, 15) is 0 Å². The topological polar surface area (TPSA) is 56.1 Å². The fourth-order valence-electron chi connectivity index (χ4n) is 1.87. The number of nitrogens with zero attached hydrogens (tertiary/aromatic N) is 5.